The van der Waals surface area contributed by atoms with Crippen LogP contribution in [0.15, 0.2) is 16.9 Å². The molecule has 0 radical (unpaired) electrons. The maximum Gasteiger partial charge on any atom is 0.251 e. The number of amides is 1. The highest BCUT2D eigenvalue weighted by Gasteiger charge is 2.20. The summed E-state index contributed by atoms with van der Waals surface area (Å²) in [5.74, 6) is 0.0658. The molecule has 1 saturated heterocycles. The molecule has 1 amide bonds. The lowest BCUT2D eigenvalue weighted by atomic mass is 10.2. The van der Waals surface area contributed by atoms with Crippen LogP contribution in [0.5, 0.6) is 0 Å². The fourth-order valence-corrected chi connectivity index (χ4v) is 3.14. The summed E-state index contributed by atoms with van der Waals surface area (Å²) in [5.41, 5.74) is 2.25. The smallest absolute Gasteiger partial charge is 0.251 e. The molecule has 3 rings (SSSR count). The minimum atomic E-state index is -0.0491. The zero-order chi connectivity index (χ0) is 13.9. The first-order valence-electron chi connectivity index (χ1n) is 7.46. The van der Waals surface area contributed by atoms with Crippen LogP contribution in [-0.4, -0.2) is 41.6 Å². The number of carbonyl (C=O) groups excluding carboxylic acids is 1. The number of nitrogens with one attached hydrogen (secondary N) is 1. The number of aryl methyl sites for hydroxylation is 1. The van der Waals surface area contributed by atoms with E-state index in [0.717, 1.165) is 57.6 Å². The van der Waals surface area contributed by atoms with Gasteiger partial charge >= 0.3 is 0 Å². The first-order valence-corrected chi connectivity index (χ1v) is 7.46. The molecule has 0 atom stereocenters. The van der Waals surface area contributed by atoms with Gasteiger partial charge in [0.05, 0.1) is 0 Å². The molecule has 0 aromatic carbocycles. The van der Waals surface area contributed by atoms with Gasteiger partial charge in [-0.05, 0) is 37.8 Å². The van der Waals surface area contributed by atoms with Gasteiger partial charge in [0, 0.05) is 31.4 Å². The van der Waals surface area contributed by atoms with Gasteiger partial charge in [0.1, 0.15) is 6.54 Å². The number of fused-ring (bicyclic) bond motifs is 1. The van der Waals surface area contributed by atoms with E-state index < -0.39 is 0 Å². The van der Waals surface area contributed by atoms with E-state index in [-0.39, 0.29) is 18.0 Å². The Morgan fingerprint density at radius 2 is 2.05 bits per heavy atom. The Labute approximate surface area is 118 Å². The van der Waals surface area contributed by atoms with Crippen LogP contribution in [0, 0.1) is 0 Å². The zero-order valence-corrected chi connectivity index (χ0v) is 11.7. The van der Waals surface area contributed by atoms with Crippen molar-refractivity contribution >= 4 is 5.91 Å². The minimum absolute atomic E-state index is 0.0491. The van der Waals surface area contributed by atoms with E-state index >= 15 is 0 Å². The minimum Gasteiger partial charge on any atom is -0.340 e. The molecule has 1 aromatic heterocycles. The van der Waals surface area contributed by atoms with Crippen molar-refractivity contribution in [1.29, 1.82) is 0 Å². The van der Waals surface area contributed by atoms with Gasteiger partial charge < -0.3 is 14.8 Å². The molecule has 1 aliphatic carbocycles. The summed E-state index contributed by atoms with van der Waals surface area (Å²) in [6, 6.07) is 3.52. The van der Waals surface area contributed by atoms with Gasteiger partial charge in [0.15, 0.2) is 0 Å². The van der Waals surface area contributed by atoms with Crippen LogP contribution in [0.25, 0.3) is 0 Å². The highest BCUT2D eigenvalue weighted by molar-refractivity contribution is 5.76. The van der Waals surface area contributed by atoms with Gasteiger partial charge in [-0.1, -0.05) is 6.07 Å². The second kappa shape index (κ2) is 5.79. The van der Waals surface area contributed by atoms with Crippen molar-refractivity contribution in [2.24, 2.45) is 0 Å². The van der Waals surface area contributed by atoms with E-state index in [9.17, 15) is 9.59 Å². The third kappa shape index (κ3) is 2.63. The molecule has 5 nitrogen and oxygen atoms in total. The molecule has 1 aliphatic heterocycles. The molecule has 1 N–H and O–H groups in total. The summed E-state index contributed by atoms with van der Waals surface area (Å²) in [7, 11) is 0. The lowest BCUT2D eigenvalue weighted by molar-refractivity contribution is -0.131. The molecule has 0 unspecified atom stereocenters. The van der Waals surface area contributed by atoms with Crippen LogP contribution in [0.3, 0.4) is 0 Å². The summed E-state index contributed by atoms with van der Waals surface area (Å²) in [6.45, 7) is 3.53. The Kier molecular flexibility index (Phi) is 3.87. The average Bonchev–Trinajstić information content (AvgIpc) is 2.75. The third-order valence-corrected chi connectivity index (χ3v) is 4.24. The summed E-state index contributed by atoms with van der Waals surface area (Å²) in [4.78, 5) is 26.3. The summed E-state index contributed by atoms with van der Waals surface area (Å²) in [5, 5.41) is 3.29. The second-order valence-corrected chi connectivity index (χ2v) is 5.57. The Morgan fingerprint density at radius 3 is 2.95 bits per heavy atom. The van der Waals surface area contributed by atoms with Crippen molar-refractivity contribution in [3.8, 4) is 0 Å². The summed E-state index contributed by atoms with van der Waals surface area (Å²) < 4.78 is 1.68. The van der Waals surface area contributed by atoms with Crippen LogP contribution < -0.4 is 10.9 Å². The van der Waals surface area contributed by atoms with Crippen LogP contribution in [0.2, 0.25) is 0 Å². The van der Waals surface area contributed by atoms with E-state index in [0.29, 0.717) is 0 Å². The Morgan fingerprint density at radius 1 is 1.15 bits per heavy atom. The maximum absolute atomic E-state index is 12.4. The summed E-state index contributed by atoms with van der Waals surface area (Å²) >= 11 is 0. The predicted octanol–water partition coefficient (Wildman–Crippen LogP) is 0.159. The molecule has 0 bridgehead atoms. The lowest BCUT2D eigenvalue weighted by Crippen LogP contribution is -2.39. The SMILES string of the molecule is O=C(Cn1c2c(ccc1=O)CCC2)N1CCCNCC1. The van der Waals surface area contributed by atoms with Crippen molar-refractivity contribution < 1.29 is 4.79 Å². The largest absolute Gasteiger partial charge is 0.340 e. The number of rotatable bonds is 2. The molecule has 1 fully saturated rings. The molecular weight excluding hydrogens is 254 g/mol. The standard InChI is InChI=1S/C15H21N3O2/c19-14-6-5-12-3-1-4-13(12)18(14)11-15(20)17-9-2-7-16-8-10-17/h5-6,16H,1-4,7-11H2. The lowest BCUT2D eigenvalue weighted by Gasteiger charge is -2.21. The molecule has 20 heavy (non-hydrogen) atoms. The number of hydrogen-bond acceptors (Lipinski definition) is 3. The van der Waals surface area contributed by atoms with Gasteiger partial charge in [0.25, 0.3) is 5.56 Å². The molecule has 1 aromatic rings. The van der Waals surface area contributed by atoms with E-state index in [1.54, 1.807) is 10.6 Å². The number of carbonyl (C=O) groups is 1. The van der Waals surface area contributed by atoms with E-state index in [4.69, 9.17) is 0 Å². The van der Waals surface area contributed by atoms with Gasteiger partial charge in [-0.3, -0.25) is 9.59 Å². The van der Waals surface area contributed by atoms with Crippen LogP contribution in [-0.2, 0) is 24.2 Å². The van der Waals surface area contributed by atoms with Crippen molar-refractivity contribution in [1.82, 2.24) is 14.8 Å². The molecule has 5 heteroatoms. The monoisotopic (exact) mass is 275 g/mol. The van der Waals surface area contributed by atoms with E-state index in [1.807, 2.05) is 11.0 Å². The molecule has 2 aliphatic rings. The Balaban J connectivity index is 1.79. The number of pyridine rings is 1. The highest BCUT2D eigenvalue weighted by Crippen LogP contribution is 2.19. The van der Waals surface area contributed by atoms with Crippen LogP contribution >= 0.6 is 0 Å². The first kappa shape index (κ1) is 13.4. The van der Waals surface area contributed by atoms with Crippen LogP contribution in [0.1, 0.15) is 24.1 Å². The number of hydrogen-bond donors (Lipinski definition) is 1. The van der Waals surface area contributed by atoms with Crippen LogP contribution in [0.4, 0.5) is 0 Å². The van der Waals surface area contributed by atoms with Crippen molar-refractivity contribution in [2.75, 3.05) is 26.2 Å². The Hall–Kier alpha value is -1.62. The normalized spacial score (nSPS) is 18.7. The van der Waals surface area contributed by atoms with E-state index in [2.05, 4.69) is 5.32 Å². The second-order valence-electron chi connectivity index (χ2n) is 5.57. The molecule has 0 saturated carbocycles. The quantitative estimate of drug-likeness (QED) is 0.836. The van der Waals surface area contributed by atoms with Crippen molar-refractivity contribution in [2.45, 2.75) is 32.2 Å². The molecule has 2 heterocycles. The van der Waals surface area contributed by atoms with E-state index in [1.165, 1.54) is 5.56 Å². The Bertz CT molecular complexity index is 557. The fraction of sp³-hybridized carbons (Fsp3) is 0.600. The predicted molar refractivity (Wildman–Crippen MR) is 76.8 cm³/mol. The number of aromatic nitrogens is 1. The van der Waals surface area contributed by atoms with Gasteiger partial charge in [-0.15, -0.1) is 0 Å². The number of nitrogens with zero attached hydrogens (tertiary/aromatic N) is 2. The van der Waals surface area contributed by atoms with Gasteiger partial charge in [0.2, 0.25) is 5.91 Å². The molecular formula is C15H21N3O2. The maximum atomic E-state index is 12.4. The molecule has 108 valence electrons. The first-order chi connectivity index (χ1) is 9.75. The highest BCUT2D eigenvalue weighted by atomic mass is 16.2. The van der Waals surface area contributed by atoms with Crippen molar-refractivity contribution in [3.63, 3.8) is 0 Å². The third-order valence-electron chi connectivity index (χ3n) is 4.24. The molecule has 0 spiro atoms. The zero-order valence-electron chi connectivity index (χ0n) is 11.7. The topological polar surface area (TPSA) is 54.3 Å². The van der Waals surface area contributed by atoms with Gasteiger partial charge in [-0.2, -0.15) is 0 Å². The van der Waals surface area contributed by atoms with Crippen molar-refractivity contribution in [3.05, 3.63) is 33.7 Å². The summed E-state index contributed by atoms with van der Waals surface area (Å²) in [6.07, 6.45) is 4.01. The van der Waals surface area contributed by atoms with Gasteiger partial charge in [-0.25, -0.2) is 0 Å². The fourth-order valence-electron chi connectivity index (χ4n) is 3.14. The average molecular weight is 275 g/mol.